The van der Waals surface area contributed by atoms with Crippen LogP contribution in [0.2, 0.25) is 0 Å². The molecular weight excluding hydrogens is 775 g/mol. The van der Waals surface area contributed by atoms with Crippen molar-refractivity contribution in [3.63, 3.8) is 0 Å². The zero-order valence-electron chi connectivity index (χ0n) is 36.3. The zero-order chi connectivity index (χ0) is 42.6. The van der Waals surface area contributed by atoms with E-state index in [-0.39, 0.29) is 10.8 Å². The fourth-order valence-electron chi connectivity index (χ4n) is 12.5. The van der Waals surface area contributed by atoms with Gasteiger partial charge in [-0.2, -0.15) is 0 Å². The quantitative estimate of drug-likeness (QED) is 0.165. The molecule has 2 aliphatic carbocycles. The first-order valence-corrected chi connectivity index (χ1v) is 22.6. The summed E-state index contributed by atoms with van der Waals surface area (Å²) >= 11 is 0. The Morgan fingerprint density at radius 3 is 1.52 bits per heavy atom. The van der Waals surface area contributed by atoms with E-state index in [9.17, 15) is 0 Å². The van der Waals surface area contributed by atoms with Gasteiger partial charge in [0, 0.05) is 33.0 Å². The number of hydrogen-bond donors (Lipinski definition) is 0. The van der Waals surface area contributed by atoms with Crippen LogP contribution >= 0.6 is 0 Å². The van der Waals surface area contributed by atoms with E-state index in [1.165, 1.54) is 98.4 Å². The largest absolute Gasteiger partial charge is 0.454 e. The molecule has 2 aliphatic rings. The Labute approximate surface area is 371 Å². The molecule has 0 atom stereocenters. The molecule has 1 aromatic heterocycles. The lowest BCUT2D eigenvalue weighted by molar-refractivity contribution is 0.669. The van der Waals surface area contributed by atoms with Crippen LogP contribution in [0.1, 0.15) is 49.9 Å². The number of nitrogens with zero attached hydrogens (tertiary/aromatic N) is 1. The third-order valence-electron chi connectivity index (χ3n) is 15.1. The Bertz CT molecular complexity index is 4030. The van der Waals surface area contributed by atoms with E-state index >= 15 is 0 Å². The second kappa shape index (κ2) is 12.5. The van der Waals surface area contributed by atoms with Crippen molar-refractivity contribution in [3.05, 3.63) is 210 Å². The first-order chi connectivity index (χ1) is 31.3. The minimum absolute atomic E-state index is 0.170. The fourth-order valence-corrected chi connectivity index (χ4v) is 12.5. The van der Waals surface area contributed by atoms with Crippen molar-refractivity contribution in [3.8, 4) is 22.3 Å². The molecule has 0 saturated carbocycles. The molecule has 12 aromatic rings. The zero-order valence-corrected chi connectivity index (χ0v) is 36.3. The van der Waals surface area contributed by atoms with Crippen LogP contribution in [0.3, 0.4) is 0 Å². The molecule has 1 heterocycles. The van der Waals surface area contributed by atoms with E-state index in [2.05, 4.69) is 221 Å². The van der Waals surface area contributed by atoms with Gasteiger partial charge in [-0.05, 0) is 135 Å². The van der Waals surface area contributed by atoms with Gasteiger partial charge in [-0.25, -0.2) is 0 Å². The van der Waals surface area contributed by atoms with Crippen molar-refractivity contribution >= 4 is 92.9 Å². The van der Waals surface area contributed by atoms with Crippen LogP contribution < -0.4 is 4.90 Å². The smallest absolute Gasteiger partial charge is 0.159 e. The normalized spacial score (nSPS) is 14.5. The van der Waals surface area contributed by atoms with Gasteiger partial charge < -0.3 is 9.32 Å². The summed E-state index contributed by atoms with van der Waals surface area (Å²) in [5.41, 5.74) is 15.6. The van der Waals surface area contributed by atoms with E-state index in [1.807, 2.05) is 0 Å². The van der Waals surface area contributed by atoms with Crippen molar-refractivity contribution in [2.45, 2.75) is 38.5 Å². The summed E-state index contributed by atoms with van der Waals surface area (Å²) in [6, 6.07) is 70.0. The van der Waals surface area contributed by atoms with E-state index < -0.39 is 0 Å². The average molecular weight is 818 g/mol. The summed E-state index contributed by atoms with van der Waals surface area (Å²) < 4.78 is 6.79. The van der Waals surface area contributed by atoms with Gasteiger partial charge in [0.05, 0.1) is 5.69 Å². The molecule has 302 valence electrons. The van der Waals surface area contributed by atoms with Crippen LogP contribution in [-0.2, 0) is 10.8 Å². The predicted octanol–water partition coefficient (Wildman–Crippen LogP) is 17.4. The molecule has 2 heteroatoms. The van der Waals surface area contributed by atoms with Crippen LogP contribution in [0.25, 0.3) is 98.1 Å². The highest BCUT2D eigenvalue weighted by Gasteiger charge is 2.41. The van der Waals surface area contributed by atoms with Crippen LogP contribution in [0, 0.1) is 0 Å². The molecule has 0 fully saturated rings. The van der Waals surface area contributed by atoms with E-state index in [1.54, 1.807) is 0 Å². The van der Waals surface area contributed by atoms with Crippen LogP contribution in [0.4, 0.5) is 17.1 Å². The maximum atomic E-state index is 6.79. The fraction of sp³-hybridized carbons (Fsp3) is 0.0968. The molecular formula is C62H43NO. The number of fused-ring (bicyclic) bond motifs is 20. The van der Waals surface area contributed by atoms with Gasteiger partial charge in [0.2, 0.25) is 0 Å². The minimum Gasteiger partial charge on any atom is -0.454 e. The number of rotatable bonds is 3. The molecule has 0 spiro atoms. The van der Waals surface area contributed by atoms with Gasteiger partial charge in [-0.1, -0.05) is 179 Å². The first kappa shape index (κ1) is 35.9. The molecule has 64 heavy (non-hydrogen) atoms. The Morgan fingerprint density at radius 2 is 0.828 bits per heavy atom. The van der Waals surface area contributed by atoms with E-state index in [0.29, 0.717) is 0 Å². The Morgan fingerprint density at radius 1 is 0.344 bits per heavy atom. The highest BCUT2D eigenvalue weighted by Crippen LogP contribution is 2.58. The van der Waals surface area contributed by atoms with Crippen molar-refractivity contribution in [1.82, 2.24) is 0 Å². The number of hydrogen-bond acceptors (Lipinski definition) is 2. The van der Waals surface area contributed by atoms with Crippen molar-refractivity contribution < 1.29 is 4.42 Å². The summed E-state index contributed by atoms with van der Waals surface area (Å²) in [6.07, 6.45) is 0. The third-order valence-corrected chi connectivity index (χ3v) is 15.1. The third kappa shape index (κ3) is 4.60. The number of furan rings is 1. The predicted molar refractivity (Wildman–Crippen MR) is 271 cm³/mol. The van der Waals surface area contributed by atoms with E-state index in [0.717, 1.165) is 39.0 Å². The van der Waals surface area contributed by atoms with Crippen LogP contribution in [-0.4, -0.2) is 0 Å². The Kier molecular flexibility index (Phi) is 7.00. The molecule has 2 nitrogen and oxygen atoms in total. The molecule has 0 saturated heterocycles. The van der Waals surface area contributed by atoms with Gasteiger partial charge in [0.25, 0.3) is 0 Å². The van der Waals surface area contributed by atoms with Crippen molar-refractivity contribution in [1.29, 1.82) is 0 Å². The topological polar surface area (TPSA) is 16.4 Å². The summed E-state index contributed by atoms with van der Waals surface area (Å²) in [6.45, 7) is 9.66. The standard InChI is InChI=1S/C62H43NO/c1-61(2)56-41-15-6-5-14-36(41)24-29-49(56)50-30-25-37-34-39(27-32-42(37)57(50)61)63(53-22-13-21-51-46-18-11-12-23-54(46)64-60(51)53)40-28-33-43-38(35-40)26-31-52-55-47-19-9-7-16-44(47)45-17-8-10-20-48(45)59(55)62(3,4)58(43)52/h5-35H,1-4H3. The monoisotopic (exact) mass is 817 g/mol. The molecule has 14 rings (SSSR count). The lowest BCUT2D eigenvalue weighted by Gasteiger charge is -2.28. The summed E-state index contributed by atoms with van der Waals surface area (Å²) in [4.78, 5) is 2.42. The Hall–Kier alpha value is -7.68. The molecule has 0 unspecified atom stereocenters. The van der Waals surface area contributed by atoms with Gasteiger partial charge in [-0.15, -0.1) is 0 Å². The van der Waals surface area contributed by atoms with Gasteiger partial charge in [0.1, 0.15) is 5.58 Å². The SMILES string of the molecule is CC1(C)c2c(ccc3ccccc23)-c2ccc3cc(N(c4ccc5c6c(ccc5c4)-c4c(c5ccccc5c5ccccc45)C6(C)C)c4cccc5c4oc4ccccc45)ccc3c21. The molecule has 0 N–H and O–H groups in total. The molecule has 0 aliphatic heterocycles. The maximum absolute atomic E-state index is 6.79. The summed E-state index contributed by atoms with van der Waals surface area (Å²) in [7, 11) is 0. The van der Waals surface area contributed by atoms with Crippen molar-refractivity contribution in [2.24, 2.45) is 0 Å². The number of anilines is 3. The lowest BCUT2D eigenvalue weighted by atomic mass is 9.78. The lowest BCUT2D eigenvalue weighted by Crippen LogP contribution is -2.16. The molecule has 0 bridgehead atoms. The van der Waals surface area contributed by atoms with Crippen LogP contribution in [0.15, 0.2) is 192 Å². The molecule has 0 amide bonds. The second-order valence-electron chi connectivity index (χ2n) is 19.2. The number of benzene rings is 11. The molecule has 0 radical (unpaired) electrons. The second-order valence-corrected chi connectivity index (χ2v) is 19.2. The van der Waals surface area contributed by atoms with E-state index in [4.69, 9.17) is 4.42 Å². The minimum atomic E-state index is -0.215. The number of para-hydroxylation sites is 2. The highest BCUT2D eigenvalue weighted by atomic mass is 16.3. The van der Waals surface area contributed by atoms with Gasteiger partial charge in [0.15, 0.2) is 5.58 Å². The summed E-state index contributed by atoms with van der Waals surface area (Å²) in [5, 5.41) is 15.2. The average Bonchev–Trinajstić information content (AvgIpc) is 3.92. The molecule has 11 aromatic carbocycles. The van der Waals surface area contributed by atoms with Gasteiger partial charge in [-0.3, -0.25) is 0 Å². The van der Waals surface area contributed by atoms with Crippen LogP contribution in [0.5, 0.6) is 0 Å². The first-order valence-electron chi connectivity index (χ1n) is 22.6. The van der Waals surface area contributed by atoms with Crippen molar-refractivity contribution in [2.75, 3.05) is 4.90 Å². The maximum Gasteiger partial charge on any atom is 0.159 e. The Balaban J connectivity index is 0.983. The summed E-state index contributed by atoms with van der Waals surface area (Å²) in [5.74, 6) is 0. The van der Waals surface area contributed by atoms with Gasteiger partial charge >= 0.3 is 0 Å². The highest BCUT2D eigenvalue weighted by molar-refractivity contribution is 6.20.